The first-order valence-electron chi connectivity index (χ1n) is 10.6. The van der Waals surface area contributed by atoms with Crippen molar-refractivity contribution in [3.8, 4) is 5.75 Å². The van der Waals surface area contributed by atoms with E-state index in [1.807, 2.05) is 0 Å². The predicted molar refractivity (Wildman–Crippen MR) is 114 cm³/mol. The van der Waals surface area contributed by atoms with Gasteiger partial charge in [-0.05, 0) is 38.3 Å². The number of ether oxygens (including phenoxy) is 1. The van der Waals surface area contributed by atoms with E-state index in [-0.39, 0.29) is 29.3 Å². The van der Waals surface area contributed by atoms with Crippen LogP contribution in [0.1, 0.15) is 57.4 Å². The predicted octanol–water partition coefficient (Wildman–Crippen LogP) is 2.56. The van der Waals surface area contributed by atoms with E-state index in [2.05, 4.69) is 10.6 Å². The molecule has 2 aliphatic rings. The van der Waals surface area contributed by atoms with Crippen LogP contribution < -0.4 is 15.4 Å². The van der Waals surface area contributed by atoms with E-state index in [4.69, 9.17) is 4.74 Å². The van der Waals surface area contributed by atoms with Gasteiger partial charge in [0, 0.05) is 19.2 Å². The molecule has 30 heavy (non-hydrogen) atoms. The number of benzene rings is 1. The van der Waals surface area contributed by atoms with Gasteiger partial charge >= 0.3 is 0 Å². The van der Waals surface area contributed by atoms with Crippen LogP contribution in [0.5, 0.6) is 5.75 Å². The number of rotatable bonds is 5. The zero-order valence-electron chi connectivity index (χ0n) is 17.9. The third-order valence-corrected chi connectivity index (χ3v) is 7.68. The van der Waals surface area contributed by atoms with Crippen molar-refractivity contribution in [3.05, 3.63) is 17.7 Å². The van der Waals surface area contributed by atoms with Crippen LogP contribution in [-0.2, 0) is 19.6 Å². The number of aryl methyl sites for hydroxylation is 1. The summed E-state index contributed by atoms with van der Waals surface area (Å²) in [6.07, 6.45) is 6.95. The zero-order valence-corrected chi connectivity index (χ0v) is 18.7. The van der Waals surface area contributed by atoms with Crippen molar-refractivity contribution >= 4 is 27.5 Å². The molecule has 1 heterocycles. The van der Waals surface area contributed by atoms with Gasteiger partial charge in [0.25, 0.3) is 5.91 Å². The fourth-order valence-corrected chi connectivity index (χ4v) is 5.29. The molecule has 8 nitrogen and oxygen atoms in total. The Kier molecular flexibility index (Phi) is 7.02. The Morgan fingerprint density at radius 3 is 2.50 bits per heavy atom. The Hall–Kier alpha value is -2.13. The van der Waals surface area contributed by atoms with Crippen LogP contribution in [0.15, 0.2) is 17.0 Å². The second-order valence-corrected chi connectivity index (χ2v) is 10.2. The molecule has 2 amide bonds. The van der Waals surface area contributed by atoms with E-state index >= 15 is 0 Å². The summed E-state index contributed by atoms with van der Waals surface area (Å²) in [4.78, 5) is 24.3. The maximum atomic E-state index is 13.1. The molecule has 1 aliphatic carbocycles. The number of carbonyl (C=O) groups excluding carboxylic acids is 2. The molecule has 1 aromatic rings. The number of hydrogen-bond donors (Lipinski definition) is 2. The molecule has 0 spiro atoms. The first kappa shape index (κ1) is 22.6. The molecule has 1 aromatic carbocycles. The van der Waals surface area contributed by atoms with E-state index < -0.39 is 16.1 Å². The normalized spacial score (nSPS) is 20.5. The number of carbonyl (C=O) groups is 2. The number of nitrogens with zero attached hydrogens (tertiary/aromatic N) is 1. The third-order valence-electron chi connectivity index (χ3n) is 5.73. The molecule has 1 aliphatic heterocycles. The summed E-state index contributed by atoms with van der Waals surface area (Å²) >= 11 is 0. The molecule has 0 saturated heterocycles. The fraction of sp³-hybridized carbons (Fsp3) is 0.619. The van der Waals surface area contributed by atoms with Crippen LogP contribution in [0.25, 0.3) is 0 Å². The number of likely N-dealkylation sites (N-methyl/N-ethyl adjacent to an activating group) is 1. The number of nitrogens with one attached hydrogen (secondary N) is 2. The lowest BCUT2D eigenvalue weighted by molar-refractivity contribution is -0.123. The van der Waals surface area contributed by atoms with Gasteiger partial charge in [-0.15, -0.1) is 0 Å². The minimum absolute atomic E-state index is 0.0610. The van der Waals surface area contributed by atoms with Crippen molar-refractivity contribution in [3.63, 3.8) is 0 Å². The summed E-state index contributed by atoms with van der Waals surface area (Å²) in [5.74, 6) is -0.265. The summed E-state index contributed by atoms with van der Waals surface area (Å²) in [5, 5.41) is 5.71. The quantitative estimate of drug-likeness (QED) is 0.737. The Morgan fingerprint density at radius 1 is 1.20 bits per heavy atom. The van der Waals surface area contributed by atoms with E-state index in [1.54, 1.807) is 19.9 Å². The van der Waals surface area contributed by atoms with Gasteiger partial charge in [-0.3, -0.25) is 9.59 Å². The van der Waals surface area contributed by atoms with E-state index in [9.17, 15) is 18.0 Å². The number of sulfonamides is 1. The lowest BCUT2D eigenvalue weighted by atomic mass is 9.97. The van der Waals surface area contributed by atoms with Crippen molar-refractivity contribution in [2.24, 2.45) is 0 Å². The van der Waals surface area contributed by atoms with Crippen molar-refractivity contribution in [2.45, 2.75) is 75.8 Å². The molecule has 0 bridgehead atoms. The van der Waals surface area contributed by atoms with Gasteiger partial charge in [0.15, 0.2) is 6.10 Å². The first-order valence-corrected chi connectivity index (χ1v) is 12.0. The highest BCUT2D eigenvalue weighted by Crippen LogP contribution is 2.35. The number of fused-ring (bicyclic) bond motifs is 1. The largest absolute Gasteiger partial charge is 0.479 e. The maximum Gasteiger partial charge on any atom is 0.265 e. The van der Waals surface area contributed by atoms with Crippen LogP contribution in [-0.4, -0.2) is 50.3 Å². The first-order chi connectivity index (χ1) is 14.2. The van der Waals surface area contributed by atoms with Gasteiger partial charge in [-0.25, -0.2) is 8.42 Å². The summed E-state index contributed by atoms with van der Waals surface area (Å²) in [6, 6.07) is 3.10. The van der Waals surface area contributed by atoms with Crippen LogP contribution >= 0.6 is 0 Å². The molecule has 0 aromatic heterocycles. The van der Waals surface area contributed by atoms with Crippen molar-refractivity contribution in [1.82, 2.24) is 9.62 Å². The molecule has 3 rings (SSSR count). The molecule has 1 saturated carbocycles. The Morgan fingerprint density at radius 2 is 1.83 bits per heavy atom. The Balaban J connectivity index is 1.71. The SMILES string of the molecule is Cc1cc2c(cc1S(=O)(=O)N(C)CC(=O)NC1CCCCCCC1)O[C@H](C)C(=O)N2. The zero-order chi connectivity index (χ0) is 21.9. The van der Waals surface area contributed by atoms with E-state index in [0.717, 1.165) is 30.0 Å². The van der Waals surface area contributed by atoms with Gasteiger partial charge in [-0.1, -0.05) is 32.1 Å². The Bertz CT molecular complexity index is 907. The van der Waals surface area contributed by atoms with Gasteiger partial charge in [0.05, 0.1) is 17.1 Å². The highest BCUT2D eigenvalue weighted by molar-refractivity contribution is 7.89. The summed E-state index contributed by atoms with van der Waals surface area (Å²) < 4.78 is 32.8. The lowest BCUT2D eigenvalue weighted by Crippen LogP contribution is -2.43. The molecule has 2 N–H and O–H groups in total. The monoisotopic (exact) mass is 437 g/mol. The fourth-order valence-electron chi connectivity index (χ4n) is 3.95. The molecule has 0 radical (unpaired) electrons. The van der Waals surface area contributed by atoms with Crippen LogP contribution in [0.4, 0.5) is 5.69 Å². The number of anilines is 1. The molecular formula is C21H31N3O5S. The second kappa shape index (κ2) is 9.34. The van der Waals surface area contributed by atoms with Gasteiger partial charge < -0.3 is 15.4 Å². The van der Waals surface area contributed by atoms with Crippen LogP contribution in [0, 0.1) is 6.92 Å². The van der Waals surface area contributed by atoms with Gasteiger partial charge in [-0.2, -0.15) is 4.31 Å². The molecule has 166 valence electrons. The maximum absolute atomic E-state index is 13.1. The van der Waals surface area contributed by atoms with Crippen molar-refractivity contribution in [2.75, 3.05) is 18.9 Å². The van der Waals surface area contributed by atoms with E-state index in [0.29, 0.717) is 17.0 Å². The van der Waals surface area contributed by atoms with Crippen LogP contribution in [0.3, 0.4) is 0 Å². The molecular weight excluding hydrogens is 406 g/mol. The van der Waals surface area contributed by atoms with Crippen molar-refractivity contribution < 1.29 is 22.7 Å². The molecule has 1 atom stereocenters. The average Bonchev–Trinajstić information content (AvgIpc) is 2.64. The topological polar surface area (TPSA) is 105 Å². The van der Waals surface area contributed by atoms with E-state index in [1.165, 1.54) is 32.4 Å². The highest BCUT2D eigenvalue weighted by atomic mass is 32.2. The van der Waals surface area contributed by atoms with Crippen LogP contribution in [0.2, 0.25) is 0 Å². The molecule has 0 unspecified atom stereocenters. The minimum Gasteiger partial charge on any atom is -0.479 e. The smallest absolute Gasteiger partial charge is 0.265 e. The van der Waals surface area contributed by atoms with Gasteiger partial charge in [0.1, 0.15) is 5.75 Å². The highest BCUT2D eigenvalue weighted by Gasteiger charge is 2.30. The lowest BCUT2D eigenvalue weighted by Gasteiger charge is -2.26. The van der Waals surface area contributed by atoms with Gasteiger partial charge in [0.2, 0.25) is 15.9 Å². The number of amides is 2. The average molecular weight is 438 g/mol. The Labute approximate surface area is 178 Å². The molecule has 1 fully saturated rings. The number of hydrogen-bond acceptors (Lipinski definition) is 5. The second-order valence-electron chi connectivity index (χ2n) is 8.23. The third kappa shape index (κ3) is 5.13. The standard InChI is InChI=1S/C21H31N3O5S/c1-14-11-17-18(29-15(2)21(26)23-17)12-19(14)30(27,28)24(3)13-20(25)22-16-9-7-5-4-6-8-10-16/h11-12,15-16H,4-10,13H2,1-3H3,(H,22,25)(H,23,26)/t15-/m1/s1. The summed E-state index contributed by atoms with van der Waals surface area (Å²) in [7, 11) is -2.50. The minimum atomic E-state index is -3.90. The summed E-state index contributed by atoms with van der Waals surface area (Å²) in [6.45, 7) is 3.00. The summed E-state index contributed by atoms with van der Waals surface area (Å²) in [5.41, 5.74) is 0.915. The molecule has 9 heteroatoms. The van der Waals surface area contributed by atoms with Crippen molar-refractivity contribution in [1.29, 1.82) is 0 Å².